The summed E-state index contributed by atoms with van der Waals surface area (Å²) in [5.41, 5.74) is 0. The lowest BCUT2D eigenvalue weighted by Gasteiger charge is -1.86. The molecule has 58 valence electrons. The fraction of sp³-hybridized carbons (Fsp3) is 0.250. The van der Waals surface area contributed by atoms with Crippen LogP contribution < -0.4 is 0 Å². The Bertz CT molecular complexity index is 265. The van der Waals surface area contributed by atoms with E-state index in [9.17, 15) is 0 Å². The van der Waals surface area contributed by atoms with Crippen LogP contribution in [-0.2, 0) is 6.42 Å². The summed E-state index contributed by atoms with van der Waals surface area (Å²) in [4.78, 5) is 1.24. The molecule has 0 radical (unpaired) electrons. The molecule has 0 N–H and O–H groups in total. The van der Waals surface area contributed by atoms with E-state index >= 15 is 0 Å². The first-order valence-corrected chi connectivity index (χ1v) is 5.10. The van der Waals surface area contributed by atoms with Gasteiger partial charge in [0.15, 0.2) is 0 Å². The summed E-state index contributed by atoms with van der Waals surface area (Å²) in [6.45, 7) is 0. The van der Waals surface area contributed by atoms with Crippen molar-refractivity contribution in [1.82, 2.24) is 0 Å². The predicted octanol–water partition coefficient (Wildman–Crippen LogP) is 3.73. The first kappa shape index (κ1) is 9.12. The van der Waals surface area contributed by atoms with Crippen LogP contribution in [0.2, 0.25) is 4.34 Å². The molecule has 1 rings (SSSR count). The van der Waals surface area contributed by atoms with Gasteiger partial charge in [0, 0.05) is 15.8 Å². The van der Waals surface area contributed by atoms with Crippen LogP contribution >= 0.6 is 38.9 Å². The van der Waals surface area contributed by atoms with E-state index in [2.05, 4.69) is 21.9 Å². The van der Waals surface area contributed by atoms with Crippen LogP contribution in [0.1, 0.15) is 11.3 Å². The van der Waals surface area contributed by atoms with Gasteiger partial charge in [-0.2, -0.15) is 0 Å². The lowest BCUT2D eigenvalue weighted by molar-refractivity contribution is 1.06. The third-order valence-electron chi connectivity index (χ3n) is 1.21. The van der Waals surface area contributed by atoms with E-state index in [0.717, 1.165) is 21.7 Å². The van der Waals surface area contributed by atoms with Crippen molar-refractivity contribution in [3.05, 3.63) is 19.8 Å². The Morgan fingerprint density at radius 2 is 2.45 bits per heavy atom. The maximum absolute atomic E-state index is 5.83. The van der Waals surface area contributed by atoms with E-state index in [1.54, 1.807) is 11.3 Å². The molecule has 0 amide bonds. The highest BCUT2D eigenvalue weighted by atomic mass is 79.9. The van der Waals surface area contributed by atoms with Gasteiger partial charge >= 0.3 is 0 Å². The molecular weight excluding hydrogens is 244 g/mol. The lowest BCUT2D eigenvalue weighted by Crippen LogP contribution is -1.74. The Hall–Kier alpha value is 0.0300. The molecule has 11 heavy (non-hydrogen) atoms. The molecule has 0 saturated heterocycles. The van der Waals surface area contributed by atoms with Gasteiger partial charge in [0.2, 0.25) is 0 Å². The highest BCUT2D eigenvalue weighted by Gasteiger charge is 2.02. The zero-order valence-corrected chi connectivity index (χ0v) is 8.89. The van der Waals surface area contributed by atoms with Crippen molar-refractivity contribution in [1.29, 1.82) is 0 Å². The summed E-state index contributed by atoms with van der Waals surface area (Å²) in [5, 5.41) is 0. The Morgan fingerprint density at radius 3 is 2.91 bits per heavy atom. The molecule has 0 aromatic carbocycles. The zero-order valence-electron chi connectivity index (χ0n) is 5.73. The van der Waals surface area contributed by atoms with Gasteiger partial charge in [-0.3, -0.25) is 0 Å². The van der Waals surface area contributed by atoms with Gasteiger partial charge in [-0.05, 0) is 28.4 Å². The Balaban J connectivity index is 2.67. The second-order valence-electron chi connectivity index (χ2n) is 2.04. The number of aryl methyl sites for hydroxylation is 1. The van der Waals surface area contributed by atoms with Gasteiger partial charge in [-0.15, -0.1) is 23.7 Å². The second kappa shape index (κ2) is 4.15. The van der Waals surface area contributed by atoms with Crippen LogP contribution in [-0.4, -0.2) is 0 Å². The third kappa shape index (κ3) is 2.52. The molecule has 0 aliphatic rings. The molecular formula is C8H6BrClS. The average Bonchev–Trinajstić information content (AvgIpc) is 2.28. The second-order valence-corrected chi connectivity index (χ2v) is 4.63. The third-order valence-corrected chi connectivity index (χ3v) is 3.75. The van der Waals surface area contributed by atoms with Gasteiger partial charge < -0.3 is 0 Å². The summed E-state index contributed by atoms with van der Waals surface area (Å²) in [5.74, 6) is 2.59. The van der Waals surface area contributed by atoms with E-state index in [-0.39, 0.29) is 0 Å². The smallest absolute Gasteiger partial charge is 0.107 e. The standard InChI is InChI=1S/C8H6BrClS/c1-2-3-4-6-5-7(9)8(10)11-6/h1,5H,3-4H2. The lowest BCUT2D eigenvalue weighted by atomic mass is 10.3. The van der Waals surface area contributed by atoms with Crippen LogP contribution in [0.3, 0.4) is 0 Å². The van der Waals surface area contributed by atoms with Crippen LogP contribution in [0, 0.1) is 12.3 Å². The summed E-state index contributed by atoms with van der Waals surface area (Å²) in [6, 6.07) is 2.02. The maximum atomic E-state index is 5.83. The normalized spacial score (nSPS) is 9.55. The average molecular weight is 250 g/mol. The van der Waals surface area contributed by atoms with E-state index in [0.29, 0.717) is 0 Å². The molecule has 0 fully saturated rings. The summed E-state index contributed by atoms with van der Waals surface area (Å²) in [7, 11) is 0. The molecule has 0 atom stereocenters. The van der Waals surface area contributed by atoms with Crippen LogP contribution in [0.15, 0.2) is 10.5 Å². The largest absolute Gasteiger partial charge is 0.127 e. The molecule has 0 aliphatic heterocycles. The first-order valence-electron chi connectivity index (χ1n) is 3.11. The molecule has 0 spiro atoms. The minimum Gasteiger partial charge on any atom is -0.127 e. The Labute approximate surface area is 83.7 Å². The fourth-order valence-electron chi connectivity index (χ4n) is 0.710. The number of hydrogen-bond acceptors (Lipinski definition) is 1. The van der Waals surface area contributed by atoms with E-state index in [4.69, 9.17) is 18.0 Å². The molecule has 0 aliphatic carbocycles. The quantitative estimate of drug-likeness (QED) is 0.701. The van der Waals surface area contributed by atoms with Crippen LogP contribution in [0.25, 0.3) is 0 Å². The predicted molar refractivity (Wildman–Crippen MR) is 54.2 cm³/mol. The molecule has 0 unspecified atom stereocenters. The molecule has 0 nitrogen and oxygen atoms in total. The molecule has 1 aromatic rings. The monoisotopic (exact) mass is 248 g/mol. The summed E-state index contributed by atoms with van der Waals surface area (Å²) < 4.78 is 1.77. The zero-order chi connectivity index (χ0) is 8.27. The SMILES string of the molecule is C#CCCc1cc(Br)c(Cl)s1. The fourth-order valence-corrected chi connectivity index (χ4v) is 2.50. The molecule has 1 heterocycles. The van der Waals surface area contributed by atoms with E-state index < -0.39 is 0 Å². The van der Waals surface area contributed by atoms with Gasteiger partial charge in [0.1, 0.15) is 4.34 Å². The summed E-state index contributed by atoms with van der Waals surface area (Å²) in [6.07, 6.45) is 6.84. The van der Waals surface area contributed by atoms with Gasteiger partial charge in [0.25, 0.3) is 0 Å². The van der Waals surface area contributed by atoms with Crippen molar-refractivity contribution in [2.45, 2.75) is 12.8 Å². The van der Waals surface area contributed by atoms with Crippen LogP contribution in [0.5, 0.6) is 0 Å². The number of thiophene rings is 1. The topological polar surface area (TPSA) is 0 Å². The number of terminal acetylenes is 1. The number of hydrogen-bond donors (Lipinski definition) is 0. The minimum absolute atomic E-state index is 0.781. The summed E-state index contributed by atoms with van der Waals surface area (Å²) >= 11 is 10.7. The Kier molecular flexibility index (Phi) is 3.45. The first-order chi connectivity index (χ1) is 5.24. The highest BCUT2D eigenvalue weighted by Crippen LogP contribution is 2.32. The molecule has 0 bridgehead atoms. The molecule has 3 heteroatoms. The highest BCUT2D eigenvalue weighted by molar-refractivity contribution is 9.10. The van der Waals surface area contributed by atoms with Gasteiger partial charge in [0.05, 0.1) is 0 Å². The van der Waals surface area contributed by atoms with Crippen molar-refractivity contribution in [3.63, 3.8) is 0 Å². The van der Waals surface area contributed by atoms with Gasteiger partial charge in [-0.1, -0.05) is 11.6 Å². The number of rotatable bonds is 2. The van der Waals surface area contributed by atoms with Gasteiger partial charge in [-0.25, -0.2) is 0 Å². The number of halogens is 2. The van der Waals surface area contributed by atoms with Crippen molar-refractivity contribution >= 4 is 38.9 Å². The van der Waals surface area contributed by atoms with Crippen molar-refractivity contribution < 1.29 is 0 Å². The van der Waals surface area contributed by atoms with Crippen molar-refractivity contribution in [3.8, 4) is 12.3 Å². The Morgan fingerprint density at radius 1 is 1.73 bits per heavy atom. The van der Waals surface area contributed by atoms with Crippen molar-refractivity contribution in [2.75, 3.05) is 0 Å². The van der Waals surface area contributed by atoms with E-state index in [1.165, 1.54) is 4.88 Å². The molecule has 0 saturated carbocycles. The minimum atomic E-state index is 0.781. The molecule has 1 aromatic heterocycles. The maximum Gasteiger partial charge on any atom is 0.107 e. The van der Waals surface area contributed by atoms with Crippen molar-refractivity contribution in [2.24, 2.45) is 0 Å². The van der Waals surface area contributed by atoms with Crippen LogP contribution in [0.4, 0.5) is 0 Å². The van der Waals surface area contributed by atoms with E-state index in [1.807, 2.05) is 6.07 Å².